The van der Waals surface area contributed by atoms with Crippen LogP contribution in [0.2, 0.25) is 0 Å². The number of ether oxygens (including phenoxy) is 1. The number of rotatable bonds is 5. The minimum Gasteiger partial charge on any atom is -0.457 e. The third kappa shape index (κ3) is 3.73. The van der Waals surface area contributed by atoms with E-state index in [0.717, 1.165) is 11.1 Å². The van der Waals surface area contributed by atoms with Gasteiger partial charge in [0.2, 0.25) is 0 Å². The first kappa shape index (κ1) is 14.9. The Hall–Kier alpha value is -2.53. The van der Waals surface area contributed by atoms with E-state index in [1.807, 2.05) is 37.3 Å². The van der Waals surface area contributed by atoms with E-state index < -0.39 is 0 Å². The van der Waals surface area contributed by atoms with Gasteiger partial charge in [-0.25, -0.2) is 0 Å². The molecule has 0 aliphatic heterocycles. The smallest absolute Gasteiger partial charge is 0.173 e. The highest BCUT2D eigenvalue weighted by Crippen LogP contribution is 2.26. The van der Waals surface area contributed by atoms with Crippen molar-refractivity contribution < 1.29 is 15.1 Å². The molecule has 0 radical (unpaired) electrons. The van der Waals surface area contributed by atoms with Crippen molar-refractivity contribution >= 4 is 5.84 Å². The van der Waals surface area contributed by atoms with Crippen LogP contribution in [-0.4, -0.2) is 22.8 Å². The average molecular weight is 286 g/mol. The number of oxime groups is 1. The number of aliphatic hydroxyl groups is 1. The number of aryl methyl sites for hydroxylation is 1. The summed E-state index contributed by atoms with van der Waals surface area (Å²) in [6.07, 6.45) is 0.611. The van der Waals surface area contributed by atoms with Crippen LogP contribution in [0.4, 0.5) is 0 Å². The van der Waals surface area contributed by atoms with E-state index in [1.165, 1.54) is 0 Å². The summed E-state index contributed by atoms with van der Waals surface area (Å²) in [6, 6.07) is 12.9. The average Bonchev–Trinajstić information content (AvgIpc) is 2.50. The Morgan fingerprint density at radius 1 is 1.19 bits per heavy atom. The standard InChI is InChI=1S/C16H18N2O3/c1-11-2-7-15(14(10-11)16(17)18-20)21-13-5-3-12(4-6-13)8-9-19/h2-7,10,19-20H,8-9H2,1H3,(H2,17,18). The summed E-state index contributed by atoms with van der Waals surface area (Å²) >= 11 is 0. The molecule has 0 aliphatic carbocycles. The first-order valence-corrected chi connectivity index (χ1v) is 6.60. The summed E-state index contributed by atoms with van der Waals surface area (Å²) in [4.78, 5) is 0. The van der Waals surface area contributed by atoms with Crippen molar-refractivity contribution in [1.82, 2.24) is 0 Å². The SMILES string of the molecule is Cc1ccc(Oc2ccc(CCO)cc2)c(/C(N)=N/O)c1. The lowest BCUT2D eigenvalue weighted by Gasteiger charge is -2.11. The van der Waals surface area contributed by atoms with Crippen LogP contribution < -0.4 is 10.5 Å². The molecule has 2 rings (SSSR count). The van der Waals surface area contributed by atoms with Crippen molar-refractivity contribution in [1.29, 1.82) is 0 Å². The monoisotopic (exact) mass is 286 g/mol. The van der Waals surface area contributed by atoms with Crippen LogP contribution in [0.5, 0.6) is 11.5 Å². The molecule has 2 aromatic carbocycles. The maximum atomic E-state index is 8.89. The van der Waals surface area contributed by atoms with Crippen molar-refractivity contribution in [3.8, 4) is 11.5 Å². The summed E-state index contributed by atoms with van der Waals surface area (Å²) in [5.74, 6) is 1.17. The summed E-state index contributed by atoms with van der Waals surface area (Å²) < 4.78 is 5.79. The lowest BCUT2D eigenvalue weighted by molar-refractivity contribution is 0.299. The number of benzene rings is 2. The molecule has 0 bridgehead atoms. The lowest BCUT2D eigenvalue weighted by Crippen LogP contribution is -2.14. The van der Waals surface area contributed by atoms with Gasteiger partial charge in [-0.2, -0.15) is 0 Å². The van der Waals surface area contributed by atoms with E-state index in [9.17, 15) is 0 Å². The fraction of sp³-hybridized carbons (Fsp3) is 0.188. The molecule has 0 fully saturated rings. The van der Waals surface area contributed by atoms with Gasteiger partial charge in [0.15, 0.2) is 5.84 Å². The van der Waals surface area contributed by atoms with Gasteiger partial charge < -0.3 is 20.8 Å². The number of hydrogen-bond donors (Lipinski definition) is 3. The Labute approximate surface area is 123 Å². The number of hydrogen-bond acceptors (Lipinski definition) is 4. The number of nitrogens with zero attached hydrogens (tertiary/aromatic N) is 1. The van der Waals surface area contributed by atoms with Gasteiger partial charge in [0, 0.05) is 6.61 Å². The Morgan fingerprint density at radius 3 is 2.52 bits per heavy atom. The molecule has 0 aliphatic rings. The third-order valence-electron chi connectivity index (χ3n) is 3.07. The predicted octanol–water partition coefficient (Wildman–Crippen LogP) is 2.42. The molecule has 2 aromatic rings. The zero-order valence-electron chi connectivity index (χ0n) is 11.8. The minimum atomic E-state index is 0.00519. The Balaban J connectivity index is 2.26. The summed E-state index contributed by atoms with van der Waals surface area (Å²) in [5, 5.41) is 20.8. The van der Waals surface area contributed by atoms with E-state index in [0.29, 0.717) is 23.5 Å². The number of amidine groups is 1. The van der Waals surface area contributed by atoms with Crippen LogP contribution >= 0.6 is 0 Å². The summed E-state index contributed by atoms with van der Waals surface area (Å²) in [7, 11) is 0. The Morgan fingerprint density at radius 2 is 1.90 bits per heavy atom. The molecule has 5 nitrogen and oxygen atoms in total. The molecule has 0 spiro atoms. The topological polar surface area (TPSA) is 88.1 Å². The van der Waals surface area contributed by atoms with E-state index in [1.54, 1.807) is 12.1 Å². The molecule has 21 heavy (non-hydrogen) atoms. The molecule has 0 saturated heterocycles. The van der Waals surface area contributed by atoms with Crippen LogP contribution in [0.15, 0.2) is 47.6 Å². The highest BCUT2D eigenvalue weighted by atomic mass is 16.5. The van der Waals surface area contributed by atoms with Crippen LogP contribution in [0.1, 0.15) is 16.7 Å². The quantitative estimate of drug-likeness (QED) is 0.341. The van der Waals surface area contributed by atoms with E-state index in [4.69, 9.17) is 20.8 Å². The van der Waals surface area contributed by atoms with Gasteiger partial charge in [-0.05, 0) is 43.2 Å². The largest absolute Gasteiger partial charge is 0.457 e. The molecule has 110 valence electrons. The second-order valence-corrected chi connectivity index (χ2v) is 4.70. The fourth-order valence-electron chi connectivity index (χ4n) is 1.97. The molecule has 0 unspecified atom stereocenters. The lowest BCUT2D eigenvalue weighted by atomic mass is 10.1. The van der Waals surface area contributed by atoms with Gasteiger partial charge >= 0.3 is 0 Å². The minimum absolute atomic E-state index is 0.00519. The highest BCUT2D eigenvalue weighted by Gasteiger charge is 2.10. The Bertz CT molecular complexity index is 636. The molecular formula is C16H18N2O3. The fourth-order valence-corrected chi connectivity index (χ4v) is 1.97. The highest BCUT2D eigenvalue weighted by molar-refractivity contribution is 5.99. The molecule has 0 aromatic heterocycles. The first-order valence-electron chi connectivity index (χ1n) is 6.60. The predicted molar refractivity (Wildman–Crippen MR) is 81.0 cm³/mol. The van der Waals surface area contributed by atoms with E-state index in [-0.39, 0.29) is 12.4 Å². The van der Waals surface area contributed by atoms with Crippen molar-refractivity contribution in [2.45, 2.75) is 13.3 Å². The zero-order chi connectivity index (χ0) is 15.2. The first-order chi connectivity index (χ1) is 10.1. The van der Waals surface area contributed by atoms with Gasteiger partial charge in [-0.15, -0.1) is 0 Å². The second-order valence-electron chi connectivity index (χ2n) is 4.70. The third-order valence-corrected chi connectivity index (χ3v) is 3.07. The van der Waals surface area contributed by atoms with Crippen LogP contribution in [-0.2, 0) is 6.42 Å². The molecule has 0 amide bonds. The van der Waals surface area contributed by atoms with Crippen LogP contribution in [0.3, 0.4) is 0 Å². The van der Waals surface area contributed by atoms with Gasteiger partial charge in [0.1, 0.15) is 11.5 Å². The number of nitrogens with two attached hydrogens (primary N) is 1. The zero-order valence-corrected chi connectivity index (χ0v) is 11.8. The van der Waals surface area contributed by atoms with Crippen molar-refractivity contribution in [2.75, 3.05) is 6.61 Å². The second kappa shape index (κ2) is 6.76. The molecule has 0 atom stereocenters. The van der Waals surface area contributed by atoms with Crippen molar-refractivity contribution in [2.24, 2.45) is 10.9 Å². The van der Waals surface area contributed by atoms with Gasteiger partial charge in [-0.3, -0.25) is 0 Å². The van der Waals surface area contributed by atoms with Gasteiger partial charge in [0.25, 0.3) is 0 Å². The Kier molecular flexibility index (Phi) is 4.79. The maximum Gasteiger partial charge on any atom is 0.173 e. The molecule has 4 N–H and O–H groups in total. The van der Waals surface area contributed by atoms with Gasteiger partial charge in [-0.1, -0.05) is 28.9 Å². The molecule has 0 heterocycles. The van der Waals surface area contributed by atoms with Crippen LogP contribution in [0, 0.1) is 6.92 Å². The van der Waals surface area contributed by atoms with Crippen molar-refractivity contribution in [3.05, 3.63) is 59.2 Å². The normalized spacial score (nSPS) is 11.4. The van der Waals surface area contributed by atoms with Crippen LogP contribution in [0.25, 0.3) is 0 Å². The summed E-state index contributed by atoms with van der Waals surface area (Å²) in [5.41, 5.74) is 8.23. The molecular weight excluding hydrogens is 268 g/mol. The van der Waals surface area contributed by atoms with E-state index >= 15 is 0 Å². The maximum absolute atomic E-state index is 8.89. The van der Waals surface area contributed by atoms with Crippen molar-refractivity contribution in [3.63, 3.8) is 0 Å². The molecule has 0 saturated carbocycles. The van der Waals surface area contributed by atoms with E-state index in [2.05, 4.69) is 5.16 Å². The molecule has 5 heteroatoms. The number of aliphatic hydroxyl groups excluding tert-OH is 1. The van der Waals surface area contributed by atoms with Gasteiger partial charge in [0.05, 0.1) is 5.56 Å². The summed E-state index contributed by atoms with van der Waals surface area (Å²) in [6.45, 7) is 2.04.